The summed E-state index contributed by atoms with van der Waals surface area (Å²) >= 11 is 6.08. The fourth-order valence-electron chi connectivity index (χ4n) is 4.66. The molecule has 0 bridgehead atoms. The van der Waals surface area contributed by atoms with Gasteiger partial charge < -0.3 is 15.0 Å². The Bertz CT molecular complexity index is 885. The van der Waals surface area contributed by atoms with Crippen molar-refractivity contribution in [3.8, 4) is 0 Å². The van der Waals surface area contributed by atoms with Gasteiger partial charge in [-0.25, -0.2) is 5.43 Å². The first-order valence-corrected chi connectivity index (χ1v) is 10.6. The zero-order chi connectivity index (χ0) is 19.8. The van der Waals surface area contributed by atoms with Crippen molar-refractivity contribution in [1.29, 1.82) is 0 Å². The Morgan fingerprint density at radius 2 is 1.97 bits per heavy atom. The smallest absolute Gasteiger partial charge is 0.257 e. The van der Waals surface area contributed by atoms with E-state index in [-0.39, 0.29) is 30.1 Å². The minimum absolute atomic E-state index is 0.0647. The maximum atomic E-state index is 13.4. The van der Waals surface area contributed by atoms with Crippen LogP contribution in [0.4, 0.5) is 5.69 Å². The number of hydrogen-bond acceptors (Lipinski definition) is 5. The molecule has 5 rings (SSSR count). The molecule has 29 heavy (non-hydrogen) atoms. The molecule has 2 aromatic rings. The number of carbonyl (C=O) groups is 1. The number of amides is 1. The van der Waals surface area contributed by atoms with Gasteiger partial charge in [0.15, 0.2) is 0 Å². The fourth-order valence-corrected chi connectivity index (χ4v) is 4.79. The Balaban J connectivity index is 1.48. The first-order chi connectivity index (χ1) is 14.2. The van der Waals surface area contributed by atoms with E-state index in [0.29, 0.717) is 6.54 Å². The minimum Gasteiger partial charge on any atom is -0.376 e. The van der Waals surface area contributed by atoms with Crippen molar-refractivity contribution in [3.63, 3.8) is 0 Å². The van der Waals surface area contributed by atoms with Gasteiger partial charge in [-0.3, -0.25) is 10.2 Å². The van der Waals surface area contributed by atoms with Crippen LogP contribution in [0, 0.1) is 5.92 Å². The summed E-state index contributed by atoms with van der Waals surface area (Å²) in [6.45, 7) is 2.14. The van der Waals surface area contributed by atoms with Gasteiger partial charge in [-0.1, -0.05) is 35.9 Å². The first-order valence-electron chi connectivity index (χ1n) is 10.2. The van der Waals surface area contributed by atoms with E-state index in [1.165, 1.54) is 0 Å². The molecule has 3 heterocycles. The maximum Gasteiger partial charge on any atom is 0.257 e. The van der Waals surface area contributed by atoms with Crippen LogP contribution in [0.1, 0.15) is 34.8 Å². The highest BCUT2D eigenvalue weighted by Gasteiger charge is 2.43. The maximum absolute atomic E-state index is 13.4. The summed E-state index contributed by atoms with van der Waals surface area (Å²) in [5.74, 6) is 0.219. The van der Waals surface area contributed by atoms with E-state index in [0.717, 1.165) is 47.8 Å². The highest BCUT2D eigenvalue weighted by Crippen LogP contribution is 2.36. The first kappa shape index (κ1) is 18.9. The third kappa shape index (κ3) is 3.62. The number of benzene rings is 2. The summed E-state index contributed by atoms with van der Waals surface area (Å²) in [5, 5.41) is 4.37. The van der Waals surface area contributed by atoms with Gasteiger partial charge in [-0.2, -0.15) is 0 Å². The topological polar surface area (TPSA) is 65.6 Å². The zero-order valence-electron chi connectivity index (χ0n) is 16.1. The molecule has 0 radical (unpaired) electrons. The third-order valence-corrected chi connectivity index (χ3v) is 6.39. The minimum atomic E-state index is -0.134. The molecule has 0 aromatic heterocycles. The van der Waals surface area contributed by atoms with Crippen LogP contribution in [0.5, 0.6) is 0 Å². The largest absolute Gasteiger partial charge is 0.376 e. The normalized spacial score (nSPS) is 29.0. The molecular formula is C22H25ClN4O2. The molecule has 0 saturated carbocycles. The van der Waals surface area contributed by atoms with Gasteiger partial charge in [0, 0.05) is 36.3 Å². The third-order valence-electron chi connectivity index (χ3n) is 6.14. The number of nitrogens with one attached hydrogen (secondary N) is 3. The summed E-state index contributed by atoms with van der Waals surface area (Å²) in [6.07, 6.45) is 2.02. The van der Waals surface area contributed by atoms with Crippen molar-refractivity contribution < 1.29 is 9.53 Å². The molecule has 3 N–H and O–H groups in total. The summed E-state index contributed by atoms with van der Waals surface area (Å²) < 4.78 is 5.86. The van der Waals surface area contributed by atoms with Crippen molar-refractivity contribution >= 4 is 23.2 Å². The predicted molar refractivity (Wildman–Crippen MR) is 113 cm³/mol. The monoisotopic (exact) mass is 412 g/mol. The summed E-state index contributed by atoms with van der Waals surface area (Å²) in [4.78, 5) is 15.4. The van der Waals surface area contributed by atoms with Crippen LogP contribution in [0.3, 0.4) is 0 Å². The van der Waals surface area contributed by atoms with Crippen molar-refractivity contribution in [1.82, 2.24) is 15.8 Å². The van der Waals surface area contributed by atoms with Crippen molar-refractivity contribution in [2.24, 2.45) is 5.92 Å². The molecular weight excluding hydrogens is 388 g/mol. The van der Waals surface area contributed by atoms with Crippen LogP contribution in [0.15, 0.2) is 48.5 Å². The Labute approximate surface area is 175 Å². The number of hydrazine groups is 1. The van der Waals surface area contributed by atoms with Crippen molar-refractivity contribution in [3.05, 3.63) is 64.7 Å². The van der Waals surface area contributed by atoms with Crippen LogP contribution in [0.25, 0.3) is 0 Å². The Morgan fingerprint density at radius 1 is 1.14 bits per heavy atom. The van der Waals surface area contributed by atoms with Crippen molar-refractivity contribution in [2.45, 2.75) is 31.2 Å². The van der Waals surface area contributed by atoms with Crippen LogP contribution in [-0.2, 0) is 4.74 Å². The van der Waals surface area contributed by atoms with Gasteiger partial charge in [0.05, 0.1) is 17.7 Å². The Kier molecular flexibility index (Phi) is 5.18. The van der Waals surface area contributed by atoms with E-state index in [9.17, 15) is 4.79 Å². The average molecular weight is 413 g/mol. The number of halogens is 1. The lowest BCUT2D eigenvalue weighted by Gasteiger charge is -2.43. The summed E-state index contributed by atoms with van der Waals surface area (Å²) in [7, 11) is 0. The lowest BCUT2D eigenvalue weighted by Crippen LogP contribution is -2.56. The zero-order valence-corrected chi connectivity index (χ0v) is 16.9. The van der Waals surface area contributed by atoms with E-state index in [2.05, 4.69) is 16.2 Å². The molecule has 3 aliphatic rings. The molecule has 6 nitrogen and oxygen atoms in total. The molecule has 2 fully saturated rings. The second-order valence-electron chi connectivity index (χ2n) is 7.95. The quantitative estimate of drug-likeness (QED) is 0.719. The highest BCUT2D eigenvalue weighted by atomic mass is 35.5. The fraction of sp³-hybridized carbons (Fsp3) is 0.409. The van der Waals surface area contributed by atoms with Crippen LogP contribution in [-0.4, -0.2) is 42.8 Å². The molecule has 1 amide bonds. The van der Waals surface area contributed by atoms with E-state index >= 15 is 0 Å². The predicted octanol–water partition coefficient (Wildman–Crippen LogP) is 3.18. The van der Waals surface area contributed by atoms with E-state index < -0.39 is 0 Å². The molecule has 4 atom stereocenters. The van der Waals surface area contributed by atoms with E-state index in [4.69, 9.17) is 16.3 Å². The molecule has 7 heteroatoms. The molecule has 2 aromatic carbocycles. The van der Waals surface area contributed by atoms with Crippen LogP contribution >= 0.6 is 11.6 Å². The number of rotatable bonds is 4. The second-order valence-corrected chi connectivity index (χ2v) is 8.38. The molecule has 2 saturated heterocycles. The molecule has 3 aliphatic heterocycles. The molecule has 4 unspecified atom stereocenters. The number of nitrogens with zero attached hydrogens (tertiary/aromatic N) is 1. The van der Waals surface area contributed by atoms with Crippen LogP contribution in [0.2, 0.25) is 5.02 Å². The number of ether oxygens (including phenoxy) is 1. The number of carbonyl (C=O) groups excluding carboxylic acids is 1. The van der Waals surface area contributed by atoms with Gasteiger partial charge >= 0.3 is 0 Å². The van der Waals surface area contributed by atoms with E-state index in [1.54, 1.807) is 0 Å². The lowest BCUT2D eigenvalue weighted by molar-refractivity contribution is 0.0350. The van der Waals surface area contributed by atoms with E-state index in [1.807, 2.05) is 53.4 Å². The Morgan fingerprint density at radius 3 is 2.76 bits per heavy atom. The highest BCUT2D eigenvalue weighted by molar-refractivity contribution is 6.30. The van der Waals surface area contributed by atoms with Gasteiger partial charge in [-0.15, -0.1) is 0 Å². The van der Waals surface area contributed by atoms with Gasteiger partial charge in [-0.05, 0) is 42.7 Å². The van der Waals surface area contributed by atoms with Crippen LogP contribution < -0.4 is 16.2 Å². The van der Waals surface area contributed by atoms with Gasteiger partial charge in [0.1, 0.15) is 6.17 Å². The van der Waals surface area contributed by atoms with Gasteiger partial charge in [0.2, 0.25) is 0 Å². The molecule has 152 valence electrons. The summed E-state index contributed by atoms with van der Waals surface area (Å²) in [6, 6.07) is 15.7. The molecule has 0 spiro atoms. The lowest BCUT2D eigenvalue weighted by atomic mass is 9.89. The Hall–Kier alpha value is -2.12. The number of para-hydroxylation sites is 1. The standard InChI is InChI=1S/C22H25ClN4O2/c23-15-9-7-14(8-10-15)20-18(12-24-26-20)21-25-19-6-2-1-5-17(19)22(28)27(21)13-16-4-3-11-29-16/h1-2,5-10,16,18,20-21,24-26H,3-4,11-13H2. The number of fused-ring (bicyclic) bond motifs is 1. The SMILES string of the molecule is O=C1c2ccccc2NC(C2CNNC2c2ccc(Cl)cc2)N1CC1CCCO1. The second kappa shape index (κ2) is 7.95. The number of hydrogen-bond donors (Lipinski definition) is 3. The number of anilines is 1. The molecule has 0 aliphatic carbocycles. The van der Waals surface area contributed by atoms with Crippen molar-refractivity contribution in [2.75, 3.05) is 25.0 Å². The van der Waals surface area contributed by atoms with Gasteiger partial charge in [0.25, 0.3) is 5.91 Å². The average Bonchev–Trinajstić information content (AvgIpc) is 3.43. The summed E-state index contributed by atoms with van der Waals surface area (Å²) in [5.41, 5.74) is 9.45.